The van der Waals surface area contributed by atoms with E-state index in [-0.39, 0.29) is 5.56 Å². The van der Waals surface area contributed by atoms with Crippen LogP contribution in [0.4, 0.5) is 13.2 Å². The van der Waals surface area contributed by atoms with Gasteiger partial charge in [0.2, 0.25) is 0 Å². The van der Waals surface area contributed by atoms with Crippen molar-refractivity contribution in [2.75, 3.05) is 0 Å². The summed E-state index contributed by atoms with van der Waals surface area (Å²) in [6, 6.07) is 4.63. The molecular weight excluding hydrogens is 301 g/mol. The Balaban J connectivity index is 2.63. The second-order valence-corrected chi connectivity index (χ2v) is 4.98. The van der Waals surface area contributed by atoms with Crippen molar-refractivity contribution in [1.82, 2.24) is 0 Å². The van der Waals surface area contributed by atoms with Crippen LogP contribution in [0.3, 0.4) is 0 Å². The summed E-state index contributed by atoms with van der Waals surface area (Å²) in [4.78, 5) is 11.3. The first kappa shape index (κ1) is 13.9. The minimum Gasteiger partial charge on any atom is -0.478 e. The van der Waals surface area contributed by atoms with Crippen LogP contribution in [0.5, 0.6) is 0 Å². The van der Waals surface area contributed by atoms with Crippen LogP contribution in [0.1, 0.15) is 15.9 Å². The quantitative estimate of drug-likeness (QED) is 0.866. The largest absolute Gasteiger partial charge is 0.478 e. The van der Waals surface area contributed by atoms with Gasteiger partial charge in [-0.05, 0) is 29.1 Å². The number of alkyl halides is 3. The van der Waals surface area contributed by atoms with E-state index in [0.717, 1.165) is 12.1 Å². The molecule has 1 N–H and O–H groups in total. The highest BCUT2D eigenvalue weighted by atomic mass is 35.5. The molecule has 19 heavy (non-hydrogen) atoms. The number of rotatable bonds is 2. The Morgan fingerprint density at radius 1 is 1.26 bits per heavy atom. The molecule has 0 aliphatic heterocycles. The zero-order valence-electron chi connectivity index (χ0n) is 9.16. The lowest BCUT2D eigenvalue weighted by atomic mass is 10.0. The van der Waals surface area contributed by atoms with E-state index in [2.05, 4.69) is 0 Å². The fourth-order valence-electron chi connectivity index (χ4n) is 1.61. The predicted molar refractivity (Wildman–Crippen MR) is 66.7 cm³/mol. The van der Waals surface area contributed by atoms with Crippen LogP contribution in [0.15, 0.2) is 29.6 Å². The van der Waals surface area contributed by atoms with E-state index in [0.29, 0.717) is 9.90 Å². The fraction of sp³-hybridized carbons (Fsp3) is 0.0833. The minimum absolute atomic E-state index is 0.248. The number of carbonyl (C=O) groups is 1. The summed E-state index contributed by atoms with van der Waals surface area (Å²) in [5.74, 6) is -1.61. The number of halogens is 4. The predicted octanol–water partition coefficient (Wildman–Crippen LogP) is 4.79. The van der Waals surface area contributed by atoms with Gasteiger partial charge in [-0.1, -0.05) is 17.7 Å². The molecule has 0 aliphatic rings. The Morgan fingerprint density at radius 2 is 1.95 bits per heavy atom. The third-order valence-electron chi connectivity index (χ3n) is 2.43. The molecule has 1 aromatic carbocycles. The van der Waals surface area contributed by atoms with Gasteiger partial charge in [-0.3, -0.25) is 0 Å². The van der Waals surface area contributed by atoms with E-state index in [1.54, 1.807) is 11.4 Å². The number of aromatic carboxylic acids is 1. The first-order valence-corrected chi connectivity index (χ1v) is 6.24. The molecule has 0 atom stereocenters. The summed E-state index contributed by atoms with van der Waals surface area (Å²) in [5, 5.41) is 10.8. The maximum Gasteiger partial charge on any atom is 0.417 e. The van der Waals surface area contributed by atoms with Gasteiger partial charge >= 0.3 is 12.1 Å². The summed E-state index contributed by atoms with van der Waals surface area (Å²) in [5.41, 5.74) is -1.71. The maximum atomic E-state index is 12.8. The van der Waals surface area contributed by atoms with Gasteiger partial charge in [0.25, 0.3) is 0 Å². The Labute approximate surface area is 115 Å². The molecule has 0 amide bonds. The molecule has 0 unspecified atom stereocenters. The molecule has 2 aromatic rings. The Morgan fingerprint density at radius 3 is 2.42 bits per heavy atom. The molecule has 0 bridgehead atoms. The van der Waals surface area contributed by atoms with Crippen molar-refractivity contribution in [1.29, 1.82) is 0 Å². The van der Waals surface area contributed by atoms with Gasteiger partial charge in [0.15, 0.2) is 0 Å². The van der Waals surface area contributed by atoms with Crippen LogP contribution < -0.4 is 0 Å². The first-order chi connectivity index (χ1) is 8.80. The van der Waals surface area contributed by atoms with Gasteiger partial charge in [0, 0.05) is 0 Å². The molecule has 100 valence electrons. The van der Waals surface area contributed by atoms with Gasteiger partial charge in [0.1, 0.15) is 0 Å². The third-order valence-corrected chi connectivity index (χ3v) is 3.83. The van der Waals surface area contributed by atoms with Gasteiger partial charge < -0.3 is 5.11 Å². The van der Waals surface area contributed by atoms with E-state index < -0.39 is 23.3 Å². The average Bonchev–Trinajstić information content (AvgIpc) is 2.73. The lowest BCUT2D eigenvalue weighted by Crippen LogP contribution is -2.12. The van der Waals surface area contributed by atoms with Crippen molar-refractivity contribution in [3.05, 3.63) is 45.8 Å². The van der Waals surface area contributed by atoms with Crippen molar-refractivity contribution in [3.8, 4) is 10.4 Å². The standard InChI is InChI=1S/C12H6ClF3O2S/c13-9-3-4-19-10(9)6-1-2-7(11(17)18)8(5-6)12(14,15)16/h1-5H,(H,17,18). The van der Waals surface area contributed by atoms with Crippen molar-refractivity contribution in [3.63, 3.8) is 0 Å². The van der Waals surface area contributed by atoms with Gasteiger partial charge in [-0.2, -0.15) is 13.2 Å². The number of hydrogen-bond donors (Lipinski definition) is 1. The summed E-state index contributed by atoms with van der Waals surface area (Å²) in [6.07, 6.45) is -4.73. The molecule has 0 aliphatic carbocycles. The van der Waals surface area contributed by atoms with Crippen LogP contribution in [0, 0.1) is 0 Å². The highest BCUT2D eigenvalue weighted by Gasteiger charge is 2.35. The Kier molecular flexibility index (Phi) is 3.56. The number of benzene rings is 1. The second kappa shape index (κ2) is 4.86. The van der Waals surface area contributed by atoms with Crippen molar-refractivity contribution in [2.45, 2.75) is 6.18 Å². The smallest absolute Gasteiger partial charge is 0.417 e. The molecule has 0 spiro atoms. The molecule has 0 saturated carbocycles. The van der Waals surface area contributed by atoms with E-state index in [4.69, 9.17) is 16.7 Å². The highest BCUT2D eigenvalue weighted by Crippen LogP contribution is 2.38. The van der Waals surface area contributed by atoms with E-state index in [1.165, 1.54) is 17.4 Å². The van der Waals surface area contributed by atoms with Crippen molar-refractivity contribution < 1.29 is 23.1 Å². The Hall–Kier alpha value is -1.53. The van der Waals surface area contributed by atoms with Crippen LogP contribution in [-0.4, -0.2) is 11.1 Å². The molecule has 2 nitrogen and oxygen atoms in total. The molecule has 0 fully saturated rings. The van der Waals surface area contributed by atoms with Crippen LogP contribution in [0.2, 0.25) is 5.02 Å². The molecule has 7 heteroatoms. The molecule has 0 radical (unpaired) electrons. The first-order valence-electron chi connectivity index (χ1n) is 4.98. The average molecular weight is 307 g/mol. The molecule has 1 heterocycles. The van der Waals surface area contributed by atoms with E-state index in [1.807, 2.05) is 0 Å². The molecular formula is C12H6ClF3O2S. The van der Waals surface area contributed by atoms with Gasteiger partial charge in [-0.25, -0.2) is 4.79 Å². The normalized spacial score (nSPS) is 11.6. The van der Waals surface area contributed by atoms with E-state index >= 15 is 0 Å². The number of hydrogen-bond acceptors (Lipinski definition) is 2. The number of carboxylic acid groups (broad SMARTS) is 1. The summed E-state index contributed by atoms with van der Waals surface area (Å²) < 4.78 is 38.5. The topological polar surface area (TPSA) is 37.3 Å². The zero-order chi connectivity index (χ0) is 14.2. The monoisotopic (exact) mass is 306 g/mol. The third kappa shape index (κ3) is 2.74. The lowest BCUT2D eigenvalue weighted by molar-refractivity contribution is -0.138. The van der Waals surface area contributed by atoms with Crippen LogP contribution in [-0.2, 0) is 6.18 Å². The summed E-state index contributed by atoms with van der Waals surface area (Å²) in [6.45, 7) is 0. The van der Waals surface area contributed by atoms with Gasteiger partial charge in [-0.15, -0.1) is 11.3 Å². The fourth-order valence-corrected chi connectivity index (χ4v) is 2.77. The lowest BCUT2D eigenvalue weighted by Gasteiger charge is -2.11. The minimum atomic E-state index is -4.73. The Bertz CT molecular complexity index is 634. The van der Waals surface area contributed by atoms with Gasteiger partial charge in [0.05, 0.1) is 21.0 Å². The zero-order valence-corrected chi connectivity index (χ0v) is 10.7. The SMILES string of the molecule is O=C(O)c1ccc(-c2sccc2Cl)cc1C(F)(F)F. The second-order valence-electron chi connectivity index (χ2n) is 3.66. The van der Waals surface area contributed by atoms with Crippen molar-refractivity contribution >= 4 is 28.9 Å². The van der Waals surface area contributed by atoms with Crippen molar-refractivity contribution in [2.24, 2.45) is 0 Å². The van der Waals surface area contributed by atoms with Crippen LogP contribution in [0.25, 0.3) is 10.4 Å². The van der Waals surface area contributed by atoms with Crippen LogP contribution >= 0.6 is 22.9 Å². The molecule has 0 saturated heterocycles. The highest BCUT2D eigenvalue weighted by molar-refractivity contribution is 7.14. The number of carboxylic acids is 1. The molecule has 2 rings (SSSR count). The van der Waals surface area contributed by atoms with E-state index in [9.17, 15) is 18.0 Å². The summed E-state index contributed by atoms with van der Waals surface area (Å²) in [7, 11) is 0. The number of thiophene rings is 1. The molecule has 1 aromatic heterocycles. The maximum absolute atomic E-state index is 12.8. The summed E-state index contributed by atoms with van der Waals surface area (Å²) >= 11 is 7.05.